The maximum atomic E-state index is 14.6. The zero-order valence-electron chi connectivity index (χ0n) is 17.1. The van der Waals surface area contributed by atoms with Crippen LogP contribution in [0.4, 0.5) is 30.7 Å². The Labute approximate surface area is 192 Å². The number of benzene rings is 3. The summed E-state index contributed by atoms with van der Waals surface area (Å²) in [6.45, 7) is 3.67. The van der Waals surface area contributed by atoms with Crippen molar-refractivity contribution in [1.29, 1.82) is 0 Å². The average Bonchev–Trinajstić information content (AvgIpc) is 3.18. The van der Waals surface area contributed by atoms with Crippen molar-refractivity contribution in [2.75, 3.05) is 0 Å². The summed E-state index contributed by atoms with van der Waals surface area (Å²) < 4.78 is 103. The van der Waals surface area contributed by atoms with Crippen molar-refractivity contribution in [3.05, 3.63) is 95.3 Å². The molecule has 0 unspecified atom stereocenters. The Balaban J connectivity index is 1.67. The van der Waals surface area contributed by atoms with Gasteiger partial charge in [-0.3, -0.25) is 0 Å². The first-order valence-electron chi connectivity index (χ1n) is 9.80. The van der Waals surface area contributed by atoms with E-state index >= 15 is 0 Å². The van der Waals surface area contributed by atoms with E-state index in [1.807, 2.05) is 12.1 Å². The standard InChI is InChI=1S/C24H14F7NOS/c1-2-3-4-12-5-6-19-20(7-12)34-23(32-19)13-8-15(25)21(16(26)9-13)24(30,31)33-14-10-17(27)22(29)18(28)11-14/h2,5-11H,1,3-4H2. The lowest BCUT2D eigenvalue weighted by atomic mass is 10.1. The SMILES string of the molecule is C=CCCc1ccc2nc(-c3cc(F)c(C(F)(F)Oc4cc(F)c(F)c(F)c4)c(F)c3)sc2c1. The van der Waals surface area contributed by atoms with Crippen LogP contribution >= 0.6 is 11.3 Å². The second-order valence-corrected chi connectivity index (χ2v) is 8.31. The van der Waals surface area contributed by atoms with Gasteiger partial charge in [0.15, 0.2) is 17.5 Å². The smallest absolute Gasteiger partial charge is 0.429 e. The van der Waals surface area contributed by atoms with E-state index in [0.29, 0.717) is 17.6 Å². The average molecular weight is 497 g/mol. The molecule has 0 aliphatic heterocycles. The van der Waals surface area contributed by atoms with E-state index in [1.54, 1.807) is 12.1 Å². The fourth-order valence-electron chi connectivity index (χ4n) is 3.28. The van der Waals surface area contributed by atoms with Gasteiger partial charge in [-0.2, -0.15) is 8.78 Å². The van der Waals surface area contributed by atoms with Gasteiger partial charge in [-0.05, 0) is 42.7 Å². The van der Waals surface area contributed by atoms with E-state index in [1.165, 1.54) is 0 Å². The first-order chi connectivity index (χ1) is 16.1. The van der Waals surface area contributed by atoms with Gasteiger partial charge in [-0.25, -0.2) is 26.9 Å². The van der Waals surface area contributed by atoms with Crippen molar-refractivity contribution in [3.63, 3.8) is 0 Å². The van der Waals surface area contributed by atoms with Crippen molar-refractivity contribution in [2.45, 2.75) is 19.0 Å². The van der Waals surface area contributed by atoms with Crippen molar-refractivity contribution in [3.8, 4) is 16.3 Å². The molecule has 0 atom stereocenters. The minimum Gasteiger partial charge on any atom is -0.429 e. The van der Waals surface area contributed by atoms with Crippen LogP contribution in [0.1, 0.15) is 17.5 Å². The van der Waals surface area contributed by atoms with Crippen LogP contribution in [0.2, 0.25) is 0 Å². The van der Waals surface area contributed by atoms with Crippen LogP contribution < -0.4 is 4.74 Å². The highest BCUT2D eigenvalue weighted by molar-refractivity contribution is 7.21. The lowest BCUT2D eigenvalue weighted by molar-refractivity contribution is -0.189. The van der Waals surface area contributed by atoms with E-state index in [9.17, 15) is 30.7 Å². The molecule has 0 bridgehead atoms. The number of halogens is 7. The molecular formula is C24H14F7NOS. The van der Waals surface area contributed by atoms with Crippen LogP contribution in [0.5, 0.6) is 5.75 Å². The van der Waals surface area contributed by atoms with E-state index in [0.717, 1.165) is 34.4 Å². The van der Waals surface area contributed by atoms with Gasteiger partial charge >= 0.3 is 6.11 Å². The third kappa shape index (κ3) is 4.63. The second-order valence-electron chi connectivity index (χ2n) is 7.28. The normalized spacial score (nSPS) is 11.7. The molecule has 0 spiro atoms. The van der Waals surface area contributed by atoms with E-state index < -0.39 is 46.5 Å². The Bertz CT molecular complexity index is 1350. The maximum absolute atomic E-state index is 14.6. The van der Waals surface area contributed by atoms with Gasteiger partial charge in [0, 0.05) is 17.7 Å². The third-order valence-corrected chi connectivity index (χ3v) is 5.94. The number of nitrogens with zero attached hydrogens (tertiary/aromatic N) is 1. The molecule has 0 saturated carbocycles. The van der Waals surface area contributed by atoms with Gasteiger partial charge in [0.1, 0.15) is 28.0 Å². The predicted octanol–water partition coefficient (Wildman–Crippen LogP) is 7.91. The molecule has 2 nitrogen and oxygen atoms in total. The maximum Gasteiger partial charge on any atom is 0.432 e. The molecule has 0 N–H and O–H groups in total. The van der Waals surface area contributed by atoms with Gasteiger partial charge < -0.3 is 4.74 Å². The van der Waals surface area contributed by atoms with Crippen LogP contribution in [0.3, 0.4) is 0 Å². The number of thiazole rings is 1. The number of ether oxygens (including phenoxy) is 1. The van der Waals surface area contributed by atoms with Crippen molar-refractivity contribution >= 4 is 21.6 Å². The van der Waals surface area contributed by atoms with Crippen LogP contribution in [0, 0.1) is 29.1 Å². The molecule has 0 radical (unpaired) electrons. The number of rotatable bonds is 7. The van der Waals surface area contributed by atoms with Crippen molar-refractivity contribution < 1.29 is 35.5 Å². The van der Waals surface area contributed by atoms with Crippen LogP contribution in [0.25, 0.3) is 20.8 Å². The van der Waals surface area contributed by atoms with E-state index in [2.05, 4.69) is 16.3 Å². The molecule has 0 fully saturated rings. The highest BCUT2D eigenvalue weighted by Gasteiger charge is 2.41. The largest absolute Gasteiger partial charge is 0.432 e. The Hall–Kier alpha value is -3.40. The molecule has 0 amide bonds. The molecule has 1 aromatic heterocycles. The summed E-state index contributed by atoms with van der Waals surface area (Å²) in [4.78, 5) is 4.30. The lowest BCUT2D eigenvalue weighted by Gasteiger charge is -2.20. The first kappa shape index (κ1) is 23.7. The Morgan fingerprint density at radius 1 is 0.912 bits per heavy atom. The number of hydrogen-bond acceptors (Lipinski definition) is 3. The molecule has 10 heteroatoms. The molecule has 0 saturated heterocycles. The monoisotopic (exact) mass is 497 g/mol. The summed E-state index contributed by atoms with van der Waals surface area (Å²) >= 11 is 1.13. The van der Waals surface area contributed by atoms with Gasteiger partial charge in [-0.1, -0.05) is 12.1 Å². The molecule has 34 heavy (non-hydrogen) atoms. The van der Waals surface area contributed by atoms with Crippen LogP contribution in [0.15, 0.2) is 55.1 Å². The number of aryl methyl sites for hydroxylation is 1. The van der Waals surface area contributed by atoms with Gasteiger partial charge in [0.05, 0.1) is 10.2 Å². The second kappa shape index (κ2) is 9.09. The lowest BCUT2D eigenvalue weighted by Crippen LogP contribution is -2.25. The number of alkyl halides is 2. The zero-order valence-corrected chi connectivity index (χ0v) is 18.0. The van der Waals surface area contributed by atoms with Crippen LogP contribution in [-0.4, -0.2) is 4.98 Å². The first-order valence-corrected chi connectivity index (χ1v) is 10.6. The zero-order chi connectivity index (χ0) is 24.6. The third-order valence-electron chi connectivity index (χ3n) is 4.87. The van der Waals surface area contributed by atoms with Crippen LogP contribution in [-0.2, 0) is 12.5 Å². The molecular weight excluding hydrogens is 483 g/mol. The number of aromatic nitrogens is 1. The summed E-state index contributed by atoms with van der Waals surface area (Å²) in [5.74, 6) is -9.97. The Morgan fingerprint density at radius 3 is 2.18 bits per heavy atom. The van der Waals surface area contributed by atoms with Gasteiger partial charge in [0.25, 0.3) is 0 Å². The minimum atomic E-state index is -4.66. The summed E-state index contributed by atoms with van der Waals surface area (Å²) in [5, 5.41) is 0.201. The van der Waals surface area contributed by atoms with Gasteiger partial charge in [-0.15, -0.1) is 17.9 Å². The molecule has 176 valence electrons. The number of fused-ring (bicyclic) bond motifs is 1. The molecule has 1 heterocycles. The van der Waals surface area contributed by atoms with Crippen molar-refractivity contribution in [1.82, 2.24) is 4.98 Å². The molecule has 4 aromatic rings. The fourth-order valence-corrected chi connectivity index (χ4v) is 4.30. The fraction of sp³-hybridized carbons (Fsp3) is 0.125. The highest BCUT2D eigenvalue weighted by Crippen LogP contribution is 2.39. The predicted molar refractivity (Wildman–Crippen MR) is 114 cm³/mol. The van der Waals surface area contributed by atoms with Crippen molar-refractivity contribution in [2.24, 2.45) is 0 Å². The molecule has 0 aliphatic carbocycles. The quantitative estimate of drug-likeness (QED) is 0.147. The molecule has 3 aromatic carbocycles. The number of allylic oxidation sites excluding steroid dienone is 1. The Morgan fingerprint density at radius 2 is 1.56 bits per heavy atom. The molecule has 0 aliphatic rings. The summed E-state index contributed by atoms with van der Waals surface area (Å²) in [6.07, 6.45) is -1.36. The highest BCUT2D eigenvalue weighted by atomic mass is 32.1. The topological polar surface area (TPSA) is 22.1 Å². The summed E-state index contributed by atoms with van der Waals surface area (Å²) in [7, 11) is 0. The van der Waals surface area contributed by atoms with E-state index in [4.69, 9.17) is 0 Å². The van der Waals surface area contributed by atoms with Gasteiger partial charge in [0.2, 0.25) is 0 Å². The minimum absolute atomic E-state index is 0.0812. The van der Waals surface area contributed by atoms with E-state index in [-0.39, 0.29) is 22.7 Å². The summed E-state index contributed by atoms with van der Waals surface area (Å²) in [6, 6.07) is 7.10. The summed E-state index contributed by atoms with van der Waals surface area (Å²) in [5.41, 5.74) is -0.265. The number of hydrogen-bond donors (Lipinski definition) is 0. The Kier molecular flexibility index (Phi) is 6.35. The molecule has 4 rings (SSSR count).